The summed E-state index contributed by atoms with van der Waals surface area (Å²) in [6.45, 7) is 3.35. The Labute approximate surface area is 210 Å². The summed E-state index contributed by atoms with van der Waals surface area (Å²) in [5.74, 6) is -1.11. The Morgan fingerprint density at radius 3 is 2.26 bits per heavy atom. The Balaban J connectivity index is 0.000000225. The van der Waals surface area contributed by atoms with Crippen LogP contribution in [0.4, 0.5) is 4.39 Å². The fraction of sp³-hybridized carbons (Fsp3) is 0.423. The highest BCUT2D eigenvalue weighted by Gasteiger charge is 2.27. The molecule has 9 heteroatoms. The van der Waals surface area contributed by atoms with Crippen molar-refractivity contribution in [2.24, 2.45) is 5.73 Å². The van der Waals surface area contributed by atoms with Crippen molar-refractivity contribution in [3.63, 3.8) is 0 Å². The molecule has 3 N–H and O–H groups in total. The summed E-state index contributed by atoms with van der Waals surface area (Å²) in [6, 6.07) is 13.0. The van der Waals surface area contributed by atoms with Gasteiger partial charge in [-0.2, -0.15) is 0 Å². The molecular weight excluding hydrogens is 471 g/mol. The number of nitrogens with zero attached hydrogens (tertiary/aromatic N) is 2. The smallest absolute Gasteiger partial charge is 0.253 e. The third kappa shape index (κ3) is 7.50. The van der Waals surface area contributed by atoms with E-state index in [2.05, 4.69) is 10.2 Å². The maximum atomic E-state index is 13.2. The first-order valence-corrected chi connectivity index (χ1v) is 12.3. The van der Waals surface area contributed by atoms with E-state index in [1.165, 1.54) is 50.3 Å². The molecule has 2 aromatic carbocycles. The van der Waals surface area contributed by atoms with Crippen molar-refractivity contribution >= 4 is 29.8 Å². The van der Waals surface area contributed by atoms with E-state index in [4.69, 9.17) is 17.3 Å². The molecule has 35 heavy (non-hydrogen) atoms. The van der Waals surface area contributed by atoms with Crippen molar-refractivity contribution in [1.29, 1.82) is 0 Å². The van der Waals surface area contributed by atoms with Crippen molar-refractivity contribution < 1.29 is 18.8 Å². The summed E-state index contributed by atoms with van der Waals surface area (Å²) in [5.41, 5.74) is 6.25. The number of carbonyl (C=O) groups is 3. The van der Waals surface area contributed by atoms with Crippen molar-refractivity contribution in [1.82, 2.24) is 15.1 Å². The summed E-state index contributed by atoms with van der Waals surface area (Å²) in [6.07, 6.45) is 7.07. The summed E-state index contributed by atoms with van der Waals surface area (Å²) in [7, 11) is 0. The molecule has 188 valence electrons. The molecule has 1 saturated heterocycles. The number of nitrogens with one attached hydrogen (secondary N) is 1. The van der Waals surface area contributed by atoms with E-state index in [1.54, 1.807) is 24.3 Å². The maximum Gasteiger partial charge on any atom is 0.253 e. The van der Waals surface area contributed by atoms with Crippen molar-refractivity contribution in [3.8, 4) is 0 Å². The number of piperazine rings is 1. The number of hydrogen-bond donors (Lipinski definition) is 2. The van der Waals surface area contributed by atoms with E-state index in [0.717, 1.165) is 26.2 Å². The van der Waals surface area contributed by atoms with E-state index in [-0.39, 0.29) is 10.9 Å². The maximum absolute atomic E-state index is 13.2. The highest BCUT2D eigenvalue weighted by atomic mass is 35.5. The first-order chi connectivity index (χ1) is 16.9. The van der Waals surface area contributed by atoms with Crippen LogP contribution in [-0.2, 0) is 9.59 Å². The molecule has 2 fully saturated rings. The van der Waals surface area contributed by atoms with Gasteiger partial charge in [-0.05, 0) is 36.6 Å². The highest BCUT2D eigenvalue weighted by Crippen LogP contribution is 2.24. The molecule has 0 aromatic heterocycles. The number of halogens is 2. The lowest BCUT2D eigenvalue weighted by atomic mass is 9.94. The van der Waals surface area contributed by atoms with Crippen LogP contribution in [0.1, 0.15) is 54.1 Å². The van der Waals surface area contributed by atoms with Crippen LogP contribution in [0.2, 0.25) is 5.02 Å². The topological polar surface area (TPSA) is 95.7 Å². The quantitative estimate of drug-likeness (QED) is 0.591. The molecule has 2 aromatic rings. The Kier molecular flexibility index (Phi) is 10.0. The van der Waals surface area contributed by atoms with Gasteiger partial charge < -0.3 is 16.0 Å². The zero-order chi connectivity index (χ0) is 25.2. The van der Waals surface area contributed by atoms with Gasteiger partial charge in [0.05, 0.1) is 5.02 Å². The fourth-order valence-electron chi connectivity index (χ4n) is 4.60. The van der Waals surface area contributed by atoms with Gasteiger partial charge in [-0.15, -0.1) is 0 Å². The molecule has 0 bridgehead atoms. The monoisotopic (exact) mass is 502 g/mol. The summed E-state index contributed by atoms with van der Waals surface area (Å²) in [4.78, 5) is 37.9. The minimum absolute atomic E-state index is 0.00620. The standard InChI is InChI=1S/C17H22ClFN2O.C9H10N2O2/c18-15-12-13(6-7-16(15)19)17(22)21-10-8-20(9-11-21)14-4-2-1-3-5-14;10-9(13)8(11-6-12)7-4-2-1-3-5-7/h6-7,12,14H,1-5,8-11H2;1-6,8H,(H2,10,13)(H,11,12). The lowest BCUT2D eigenvalue weighted by Gasteiger charge is -2.40. The fourth-order valence-corrected chi connectivity index (χ4v) is 4.78. The van der Waals surface area contributed by atoms with E-state index in [0.29, 0.717) is 23.6 Å². The number of nitrogens with two attached hydrogens (primary N) is 1. The zero-order valence-corrected chi connectivity index (χ0v) is 20.4. The second-order valence-electron chi connectivity index (χ2n) is 8.78. The van der Waals surface area contributed by atoms with Gasteiger partial charge >= 0.3 is 0 Å². The summed E-state index contributed by atoms with van der Waals surface area (Å²) < 4.78 is 13.2. The van der Waals surface area contributed by atoms with Crippen LogP contribution in [0.5, 0.6) is 0 Å². The number of primary amides is 1. The van der Waals surface area contributed by atoms with E-state index < -0.39 is 17.8 Å². The van der Waals surface area contributed by atoms with Crippen LogP contribution in [0.25, 0.3) is 0 Å². The lowest BCUT2D eigenvalue weighted by molar-refractivity contribution is -0.122. The number of carbonyl (C=O) groups excluding carboxylic acids is 3. The first kappa shape index (κ1) is 26.6. The Morgan fingerprint density at radius 2 is 1.69 bits per heavy atom. The van der Waals surface area contributed by atoms with Crippen LogP contribution in [0.3, 0.4) is 0 Å². The number of rotatable bonds is 6. The van der Waals surface area contributed by atoms with Crippen molar-refractivity contribution in [2.75, 3.05) is 26.2 Å². The van der Waals surface area contributed by atoms with Gasteiger partial charge in [0.2, 0.25) is 12.3 Å². The SMILES string of the molecule is NC(=O)C(NC=O)c1ccccc1.O=C(c1ccc(F)c(Cl)c1)N1CCN(C2CCCCC2)CC1. The average Bonchev–Trinajstić information content (AvgIpc) is 2.90. The van der Waals surface area contributed by atoms with Gasteiger partial charge in [0.1, 0.15) is 11.9 Å². The van der Waals surface area contributed by atoms with Gasteiger partial charge in [0, 0.05) is 37.8 Å². The predicted octanol–water partition coefficient (Wildman–Crippen LogP) is 3.53. The van der Waals surface area contributed by atoms with Crippen LogP contribution < -0.4 is 11.1 Å². The molecule has 1 aliphatic heterocycles. The van der Waals surface area contributed by atoms with Gasteiger partial charge in [-0.3, -0.25) is 19.3 Å². The number of hydrogen-bond acceptors (Lipinski definition) is 4. The molecule has 0 radical (unpaired) electrons. The van der Waals surface area contributed by atoms with E-state index in [9.17, 15) is 18.8 Å². The minimum atomic E-state index is -0.737. The van der Waals surface area contributed by atoms with Crippen molar-refractivity contribution in [2.45, 2.75) is 44.2 Å². The number of benzene rings is 2. The molecule has 1 unspecified atom stereocenters. The van der Waals surface area contributed by atoms with Crippen LogP contribution in [0, 0.1) is 5.82 Å². The van der Waals surface area contributed by atoms with Gasteiger partial charge in [-0.1, -0.05) is 61.2 Å². The molecule has 1 saturated carbocycles. The van der Waals surface area contributed by atoms with Gasteiger partial charge in [-0.25, -0.2) is 4.39 Å². The normalized spacial score (nSPS) is 17.6. The molecule has 1 heterocycles. The molecule has 7 nitrogen and oxygen atoms in total. The summed E-state index contributed by atoms with van der Waals surface area (Å²) in [5, 5.41) is 2.35. The second-order valence-corrected chi connectivity index (χ2v) is 9.19. The third-order valence-electron chi connectivity index (χ3n) is 6.51. The van der Waals surface area contributed by atoms with E-state index in [1.807, 2.05) is 11.0 Å². The summed E-state index contributed by atoms with van der Waals surface area (Å²) >= 11 is 5.77. The lowest BCUT2D eigenvalue weighted by Crippen LogP contribution is -2.52. The molecule has 3 amide bonds. The minimum Gasteiger partial charge on any atom is -0.368 e. The molecule has 4 rings (SSSR count). The van der Waals surface area contributed by atoms with Crippen LogP contribution >= 0.6 is 11.6 Å². The molecule has 0 spiro atoms. The Morgan fingerprint density at radius 1 is 1.03 bits per heavy atom. The van der Waals surface area contributed by atoms with Crippen LogP contribution in [-0.4, -0.2) is 60.2 Å². The molecule has 1 aliphatic carbocycles. The average molecular weight is 503 g/mol. The molecular formula is C26H32ClFN4O3. The van der Waals surface area contributed by atoms with E-state index >= 15 is 0 Å². The largest absolute Gasteiger partial charge is 0.368 e. The second kappa shape index (κ2) is 13.2. The van der Waals surface area contributed by atoms with Crippen molar-refractivity contribution in [3.05, 3.63) is 70.5 Å². The Bertz CT molecular complexity index is 993. The zero-order valence-electron chi connectivity index (χ0n) is 19.7. The molecule has 2 aliphatic rings. The van der Waals surface area contributed by atoms with Gasteiger partial charge in [0.25, 0.3) is 5.91 Å². The number of amides is 3. The first-order valence-electron chi connectivity index (χ1n) is 11.9. The third-order valence-corrected chi connectivity index (χ3v) is 6.80. The Hall–Kier alpha value is -2.97. The molecule has 1 atom stereocenters. The van der Waals surface area contributed by atoms with Gasteiger partial charge in [0.15, 0.2) is 0 Å². The highest BCUT2D eigenvalue weighted by molar-refractivity contribution is 6.31. The predicted molar refractivity (Wildman–Crippen MR) is 133 cm³/mol. The van der Waals surface area contributed by atoms with Crippen LogP contribution in [0.15, 0.2) is 48.5 Å².